The Morgan fingerprint density at radius 1 is 1.19 bits per heavy atom. The molecule has 27 heavy (non-hydrogen) atoms. The first-order valence-corrected chi connectivity index (χ1v) is 9.71. The van der Waals surface area contributed by atoms with Crippen LogP contribution in [-0.2, 0) is 17.9 Å². The Bertz CT molecular complexity index is 918. The zero-order chi connectivity index (χ0) is 18.6. The molecule has 2 aromatic heterocycles. The summed E-state index contributed by atoms with van der Waals surface area (Å²) >= 11 is 0. The number of likely N-dealkylation sites (tertiary alicyclic amines) is 1. The van der Waals surface area contributed by atoms with Crippen LogP contribution in [0.1, 0.15) is 42.9 Å². The lowest BCUT2D eigenvalue weighted by Gasteiger charge is -2.35. The molecule has 0 radical (unpaired) electrons. The standard InChI is InChI=1S/C22H26N4O/c23-22(27)10-13-26-16-18(19-7-1-2-9-21(19)26)15-25-12-4-3-8-20(25)17-6-5-11-24-14-17/h1-2,5-7,9,11,14,16,20H,3-4,8,10,12-13,15H2,(H2,23,27). The van der Waals surface area contributed by atoms with Crippen LogP contribution in [0.5, 0.6) is 0 Å². The second-order valence-corrected chi connectivity index (χ2v) is 7.35. The van der Waals surface area contributed by atoms with E-state index >= 15 is 0 Å². The second kappa shape index (κ2) is 7.92. The van der Waals surface area contributed by atoms with E-state index in [-0.39, 0.29) is 5.91 Å². The minimum atomic E-state index is -0.262. The van der Waals surface area contributed by atoms with E-state index in [1.165, 1.54) is 41.3 Å². The van der Waals surface area contributed by atoms with Crippen molar-refractivity contribution in [2.45, 2.75) is 44.8 Å². The predicted octanol–water partition coefficient (Wildman–Crippen LogP) is 3.64. The van der Waals surface area contributed by atoms with Gasteiger partial charge in [-0.2, -0.15) is 0 Å². The van der Waals surface area contributed by atoms with Gasteiger partial charge in [0.05, 0.1) is 0 Å². The average molecular weight is 362 g/mol. The van der Waals surface area contributed by atoms with Gasteiger partial charge in [-0.05, 0) is 42.6 Å². The number of benzene rings is 1. The van der Waals surface area contributed by atoms with E-state index in [1.807, 2.05) is 24.5 Å². The Morgan fingerprint density at radius 3 is 2.89 bits per heavy atom. The molecule has 140 valence electrons. The van der Waals surface area contributed by atoms with E-state index in [0.29, 0.717) is 19.0 Å². The highest BCUT2D eigenvalue weighted by atomic mass is 16.1. The van der Waals surface area contributed by atoms with E-state index in [4.69, 9.17) is 5.73 Å². The molecular weight excluding hydrogens is 336 g/mol. The van der Waals surface area contributed by atoms with Crippen LogP contribution < -0.4 is 5.73 Å². The number of carbonyl (C=O) groups is 1. The van der Waals surface area contributed by atoms with Crippen molar-refractivity contribution in [3.05, 3.63) is 66.1 Å². The van der Waals surface area contributed by atoms with Gasteiger partial charge < -0.3 is 10.3 Å². The molecule has 5 nitrogen and oxygen atoms in total. The lowest BCUT2D eigenvalue weighted by Crippen LogP contribution is -2.32. The maximum absolute atomic E-state index is 11.2. The number of nitrogens with two attached hydrogens (primary N) is 1. The number of primary amides is 1. The smallest absolute Gasteiger partial charge is 0.219 e. The number of aryl methyl sites for hydroxylation is 1. The highest BCUT2D eigenvalue weighted by Crippen LogP contribution is 2.33. The van der Waals surface area contributed by atoms with Crippen molar-refractivity contribution in [2.24, 2.45) is 5.73 Å². The summed E-state index contributed by atoms with van der Waals surface area (Å²) in [4.78, 5) is 18.1. The monoisotopic (exact) mass is 362 g/mol. The topological polar surface area (TPSA) is 64.2 Å². The molecule has 0 spiro atoms. The number of hydrogen-bond donors (Lipinski definition) is 1. The van der Waals surface area contributed by atoms with Crippen LogP contribution in [0.2, 0.25) is 0 Å². The Hall–Kier alpha value is -2.66. The molecule has 1 unspecified atom stereocenters. The van der Waals surface area contributed by atoms with Gasteiger partial charge in [-0.15, -0.1) is 0 Å². The third-order valence-corrected chi connectivity index (χ3v) is 5.53. The molecule has 1 aromatic carbocycles. The first-order chi connectivity index (χ1) is 13.2. The summed E-state index contributed by atoms with van der Waals surface area (Å²) in [5.41, 5.74) is 9.14. The molecule has 1 atom stereocenters. The molecule has 5 heteroatoms. The third-order valence-electron chi connectivity index (χ3n) is 5.53. The number of nitrogens with zero attached hydrogens (tertiary/aromatic N) is 3. The second-order valence-electron chi connectivity index (χ2n) is 7.35. The fourth-order valence-electron chi connectivity index (χ4n) is 4.21. The number of hydrogen-bond acceptors (Lipinski definition) is 3. The van der Waals surface area contributed by atoms with Crippen LogP contribution >= 0.6 is 0 Å². The number of fused-ring (bicyclic) bond motifs is 1. The summed E-state index contributed by atoms with van der Waals surface area (Å²) in [6, 6.07) is 13.1. The van der Waals surface area contributed by atoms with Gasteiger partial charge >= 0.3 is 0 Å². The van der Waals surface area contributed by atoms with Crippen LogP contribution in [0.4, 0.5) is 0 Å². The highest BCUT2D eigenvalue weighted by Gasteiger charge is 2.25. The van der Waals surface area contributed by atoms with Crippen LogP contribution in [0.3, 0.4) is 0 Å². The summed E-state index contributed by atoms with van der Waals surface area (Å²) in [6.45, 7) is 2.63. The third kappa shape index (κ3) is 3.88. The predicted molar refractivity (Wildman–Crippen MR) is 107 cm³/mol. The summed E-state index contributed by atoms with van der Waals surface area (Å²) in [7, 11) is 0. The number of carbonyl (C=O) groups excluding carboxylic acids is 1. The minimum Gasteiger partial charge on any atom is -0.370 e. The average Bonchev–Trinajstić information content (AvgIpc) is 3.05. The molecule has 1 aliphatic heterocycles. The van der Waals surface area contributed by atoms with Crippen LogP contribution in [0, 0.1) is 0 Å². The molecule has 0 saturated carbocycles. The maximum Gasteiger partial charge on any atom is 0.219 e. The number of pyridine rings is 1. The van der Waals surface area contributed by atoms with Gasteiger partial charge in [0.25, 0.3) is 0 Å². The van der Waals surface area contributed by atoms with Crippen molar-refractivity contribution in [3.8, 4) is 0 Å². The van der Waals surface area contributed by atoms with E-state index in [0.717, 1.165) is 13.1 Å². The first-order valence-electron chi connectivity index (χ1n) is 9.71. The maximum atomic E-state index is 11.2. The Balaban J connectivity index is 1.62. The van der Waals surface area contributed by atoms with Gasteiger partial charge in [-0.1, -0.05) is 30.7 Å². The van der Waals surface area contributed by atoms with Gasteiger partial charge in [0.15, 0.2) is 0 Å². The molecule has 4 rings (SSSR count). The number of para-hydroxylation sites is 1. The molecule has 0 bridgehead atoms. The van der Waals surface area contributed by atoms with Gasteiger partial charge in [0, 0.05) is 55.0 Å². The number of amides is 1. The Morgan fingerprint density at radius 2 is 2.07 bits per heavy atom. The molecule has 1 aliphatic rings. The largest absolute Gasteiger partial charge is 0.370 e. The molecule has 2 N–H and O–H groups in total. The molecule has 0 aliphatic carbocycles. The molecular formula is C22H26N4O. The van der Waals surface area contributed by atoms with E-state index in [2.05, 4.69) is 44.9 Å². The molecule has 1 fully saturated rings. The Labute approximate surface area is 159 Å². The van der Waals surface area contributed by atoms with Crippen molar-refractivity contribution in [1.29, 1.82) is 0 Å². The SMILES string of the molecule is NC(=O)CCn1cc(CN2CCCCC2c2cccnc2)c2ccccc21. The van der Waals surface area contributed by atoms with Crippen LogP contribution in [0.15, 0.2) is 55.0 Å². The summed E-state index contributed by atoms with van der Waals surface area (Å²) in [5, 5.41) is 1.26. The van der Waals surface area contributed by atoms with Gasteiger partial charge in [-0.25, -0.2) is 0 Å². The zero-order valence-electron chi connectivity index (χ0n) is 15.6. The Kier molecular flexibility index (Phi) is 5.21. The van der Waals surface area contributed by atoms with E-state index in [9.17, 15) is 4.79 Å². The number of aromatic nitrogens is 2. The van der Waals surface area contributed by atoms with E-state index < -0.39 is 0 Å². The summed E-state index contributed by atoms with van der Waals surface area (Å²) in [5.74, 6) is -0.262. The van der Waals surface area contributed by atoms with Crippen molar-refractivity contribution in [1.82, 2.24) is 14.5 Å². The molecule has 1 amide bonds. The molecule has 3 aromatic rings. The lowest BCUT2D eigenvalue weighted by atomic mass is 9.96. The van der Waals surface area contributed by atoms with Crippen molar-refractivity contribution >= 4 is 16.8 Å². The minimum absolute atomic E-state index is 0.262. The zero-order valence-corrected chi connectivity index (χ0v) is 15.6. The molecule has 3 heterocycles. The quantitative estimate of drug-likeness (QED) is 0.728. The fraction of sp³-hybridized carbons (Fsp3) is 0.364. The van der Waals surface area contributed by atoms with Gasteiger partial charge in [0.1, 0.15) is 0 Å². The van der Waals surface area contributed by atoms with Crippen molar-refractivity contribution in [2.75, 3.05) is 6.54 Å². The van der Waals surface area contributed by atoms with Gasteiger partial charge in [0.2, 0.25) is 5.91 Å². The summed E-state index contributed by atoms with van der Waals surface area (Å²) < 4.78 is 2.17. The molecule has 1 saturated heterocycles. The number of piperidine rings is 1. The van der Waals surface area contributed by atoms with E-state index in [1.54, 1.807) is 0 Å². The lowest BCUT2D eigenvalue weighted by molar-refractivity contribution is -0.118. The summed E-state index contributed by atoms with van der Waals surface area (Å²) in [6.07, 6.45) is 10.1. The van der Waals surface area contributed by atoms with Crippen LogP contribution in [0.25, 0.3) is 10.9 Å². The van der Waals surface area contributed by atoms with Crippen molar-refractivity contribution in [3.63, 3.8) is 0 Å². The van der Waals surface area contributed by atoms with Crippen molar-refractivity contribution < 1.29 is 4.79 Å². The first kappa shape index (κ1) is 17.7. The highest BCUT2D eigenvalue weighted by molar-refractivity contribution is 5.84. The fourth-order valence-corrected chi connectivity index (χ4v) is 4.21. The van der Waals surface area contributed by atoms with Crippen LogP contribution in [-0.4, -0.2) is 26.9 Å². The normalized spacial score (nSPS) is 18.0. The van der Waals surface area contributed by atoms with Gasteiger partial charge in [-0.3, -0.25) is 14.7 Å². The number of rotatable bonds is 6.